The zero-order valence-corrected chi connectivity index (χ0v) is 16.2. The Kier molecular flexibility index (Phi) is 8.45. The highest BCUT2D eigenvalue weighted by Gasteiger charge is 2.38. The standard InChI is InChI=1S/C17H28BrN3O3/c1-4-7-17(5-2,6-3)16(24)21-10-8-20(9-11-21)15(23)13-19-14(22)12-18/h4H,1,5-13H2,2-3H3,(H,19,22). The fourth-order valence-electron chi connectivity index (χ4n) is 3.03. The van der Waals surface area contributed by atoms with Crippen molar-refractivity contribution in [2.75, 3.05) is 38.1 Å². The predicted molar refractivity (Wildman–Crippen MR) is 97.8 cm³/mol. The lowest BCUT2D eigenvalue weighted by Crippen LogP contribution is -2.55. The summed E-state index contributed by atoms with van der Waals surface area (Å²) in [6.07, 6.45) is 4.06. The van der Waals surface area contributed by atoms with E-state index in [0.717, 1.165) is 12.8 Å². The smallest absolute Gasteiger partial charge is 0.242 e. The van der Waals surface area contributed by atoms with Gasteiger partial charge in [0.2, 0.25) is 17.7 Å². The average Bonchev–Trinajstić information content (AvgIpc) is 2.63. The van der Waals surface area contributed by atoms with Crippen molar-refractivity contribution in [2.24, 2.45) is 5.41 Å². The Labute approximate surface area is 152 Å². The molecule has 0 bridgehead atoms. The van der Waals surface area contributed by atoms with Gasteiger partial charge in [-0.3, -0.25) is 14.4 Å². The van der Waals surface area contributed by atoms with Gasteiger partial charge in [0.25, 0.3) is 0 Å². The van der Waals surface area contributed by atoms with Crippen molar-refractivity contribution in [1.29, 1.82) is 0 Å². The van der Waals surface area contributed by atoms with Crippen LogP contribution in [-0.2, 0) is 14.4 Å². The maximum absolute atomic E-state index is 12.9. The van der Waals surface area contributed by atoms with Crippen LogP contribution in [0, 0.1) is 5.41 Å². The van der Waals surface area contributed by atoms with E-state index in [-0.39, 0.29) is 35.0 Å². The van der Waals surface area contributed by atoms with Crippen LogP contribution >= 0.6 is 15.9 Å². The number of carbonyl (C=O) groups excluding carboxylic acids is 3. The molecule has 7 heteroatoms. The molecule has 136 valence electrons. The van der Waals surface area contributed by atoms with Crippen LogP contribution in [0.1, 0.15) is 33.1 Å². The highest BCUT2D eigenvalue weighted by molar-refractivity contribution is 9.09. The molecule has 0 radical (unpaired) electrons. The summed E-state index contributed by atoms with van der Waals surface area (Å²) in [4.78, 5) is 39.7. The van der Waals surface area contributed by atoms with Gasteiger partial charge in [0.15, 0.2) is 0 Å². The second kappa shape index (κ2) is 9.81. The van der Waals surface area contributed by atoms with Crippen LogP contribution in [-0.4, -0.2) is 65.6 Å². The summed E-state index contributed by atoms with van der Waals surface area (Å²) in [7, 11) is 0. The molecule has 1 N–H and O–H groups in total. The Morgan fingerprint density at radius 1 is 1.12 bits per heavy atom. The molecule has 1 aliphatic heterocycles. The Morgan fingerprint density at radius 2 is 1.67 bits per heavy atom. The molecule has 1 rings (SSSR count). The van der Waals surface area contributed by atoms with Gasteiger partial charge in [-0.05, 0) is 19.3 Å². The number of carbonyl (C=O) groups is 3. The summed E-state index contributed by atoms with van der Waals surface area (Å²) >= 11 is 3.04. The molecule has 0 spiro atoms. The molecule has 1 saturated heterocycles. The van der Waals surface area contributed by atoms with Gasteiger partial charge >= 0.3 is 0 Å². The van der Waals surface area contributed by atoms with Gasteiger partial charge in [-0.1, -0.05) is 35.9 Å². The van der Waals surface area contributed by atoms with Crippen LogP contribution in [0.5, 0.6) is 0 Å². The van der Waals surface area contributed by atoms with E-state index in [1.165, 1.54) is 0 Å². The number of alkyl halides is 1. The van der Waals surface area contributed by atoms with Gasteiger partial charge in [-0.15, -0.1) is 6.58 Å². The molecule has 0 aromatic rings. The first kappa shape index (κ1) is 20.7. The molecule has 0 aliphatic carbocycles. The molecular formula is C17H28BrN3O3. The Hall–Kier alpha value is -1.37. The Morgan fingerprint density at radius 3 is 2.12 bits per heavy atom. The number of allylic oxidation sites excluding steroid dienone is 1. The first-order valence-electron chi connectivity index (χ1n) is 8.44. The normalized spacial score (nSPS) is 15.1. The molecule has 3 amide bonds. The van der Waals surface area contributed by atoms with Crippen LogP contribution in [0.15, 0.2) is 12.7 Å². The minimum atomic E-state index is -0.377. The van der Waals surface area contributed by atoms with Crippen LogP contribution in [0.4, 0.5) is 0 Å². The number of hydrogen-bond acceptors (Lipinski definition) is 3. The fraction of sp³-hybridized carbons (Fsp3) is 0.706. The number of amides is 3. The zero-order valence-electron chi connectivity index (χ0n) is 14.6. The molecule has 0 saturated carbocycles. The maximum Gasteiger partial charge on any atom is 0.242 e. The highest BCUT2D eigenvalue weighted by atomic mass is 79.9. The summed E-state index contributed by atoms with van der Waals surface area (Å²) < 4.78 is 0. The molecular weight excluding hydrogens is 374 g/mol. The SMILES string of the molecule is C=CCC(CC)(CC)C(=O)N1CCN(C(=O)CNC(=O)CBr)CC1. The van der Waals surface area contributed by atoms with Crippen LogP contribution in [0.3, 0.4) is 0 Å². The van der Waals surface area contributed by atoms with Crippen molar-refractivity contribution in [2.45, 2.75) is 33.1 Å². The van der Waals surface area contributed by atoms with E-state index in [1.807, 2.05) is 24.8 Å². The lowest BCUT2D eigenvalue weighted by Gasteiger charge is -2.40. The van der Waals surface area contributed by atoms with E-state index in [2.05, 4.69) is 27.8 Å². The largest absolute Gasteiger partial charge is 0.346 e. The van der Waals surface area contributed by atoms with Crippen molar-refractivity contribution in [3.63, 3.8) is 0 Å². The van der Waals surface area contributed by atoms with Gasteiger partial charge < -0.3 is 15.1 Å². The van der Waals surface area contributed by atoms with E-state index in [4.69, 9.17) is 0 Å². The average molecular weight is 402 g/mol. The number of rotatable bonds is 8. The van der Waals surface area contributed by atoms with Crippen LogP contribution in [0.2, 0.25) is 0 Å². The van der Waals surface area contributed by atoms with Gasteiger partial charge in [0, 0.05) is 26.2 Å². The molecule has 6 nitrogen and oxygen atoms in total. The monoisotopic (exact) mass is 401 g/mol. The van der Waals surface area contributed by atoms with Gasteiger partial charge in [-0.25, -0.2) is 0 Å². The molecule has 1 fully saturated rings. The third-order valence-electron chi connectivity index (χ3n) is 4.82. The maximum atomic E-state index is 12.9. The first-order valence-corrected chi connectivity index (χ1v) is 9.57. The second-order valence-electron chi connectivity index (χ2n) is 6.06. The lowest BCUT2D eigenvalue weighted by molar-refractivity contribution is -0.147. The van der Waals surface area contributed by atoms with Crippen molar-refractivity contribution in [1.82, 2.24) is 15.1 Å². The van der Waals surface area contributed by atoms with E-state index >= 15 is 0 Å². The molecule has 0 unspecified atom stereocenters. The predicted octanol–water partition coefficient (Wildman–Crippen LogP) is 1.55. The van der Waals surface area contributed by atoms with Crippen molar-refractivity contribution >= 4 is 33.7 Å². The molecule has 1 heterocycles. The number of halogens is 1. The quantitative estimate of drug-likeness (QED) is 0.495. The topological polar surface area (TPSA) is 69.7 Å². The van der Waals surface area contributed by atoms with E-state index in [0.29, 0.717) is 32.6 Å². The molecule has 0 atom stereocenters. The Bertz CT molecular complexity index is 470. The summed E-state index contributed by atoms with van der Waals surface area (Å²) in [5.74, 6) is -0.163. The van der Waals surface area contributed by atoms with E-state index < -0.39 is 0 Å². The molecule has 0 aromatic carbocycles. The van der Waals surface area contributed by atoms with Crippen LogP contribution < -0.4 is 5.32 Å². The third-order valence-corrected chi connectivity index (χ3v) is 5.33. The van der Waals surface area contributed by atoms with E-state index in [1.54, 1.807) is 4.90 Å². The molecule has 0 aromatic heterocycles. The third kappa shape index (κ3) is 5.06. The number of nitrogens with one attached hydrogen (secondary N) is 1. The Balaban J connectivity index is 2.58. The van der Waals surface area contributed by atoms with Crippen molar-refractivity contribution in [3.8, 4) is 0 Å². The van der Waals surface area contributed by atoms with Gasteiger partial charge in [-0.2, -0.15) is 0 Å². The summed E-state index contributed by atoms with van der Waals surface area (Å²) in [5.41, 5.74) is -0.377. The van der Waals surface area contributed by atoms with Crippen LogP contribution in [0.25, 0.3) is 0 Å². The molecule has 24 heavy (non-hydrogen) atoms. The number of piperazine rings is 1. The minimum Gasteiger partial charge on any atom is -0.346 e. The molecule has 1 aliphatic rings. The minimum absolute atomic E-state index is 0.00268. The summed E-state index contributed by atoms with van der Waals surface area (Å²) in [5, 5.41) is 2.74. The van der Waals surface area contributed by atoms with Crippen molar-refractivity contribution < 1.29 is 14.4 Å². The van der Waals surface area contributed by atoms with E-state index in [9.17, 15) is 14.4 Å². The fourth-order valence-corrected chi connectivity index (χ4v) is 3.23. The summed E-state index contributed by atoms with van der Waals surface area (Å²) in [6.45, 7) is 9.95. The zero-order chi connectivity index (χ0) is 18.2. The van der Waals surface area contributed by atoms with Crippen molar-refractivity contribution in [3.05, 3.63) is 12.7 Å². The number of hydrogen-bond donors (Lipinski definition) is 1. The first-order chi connectivity index (χ1) is 11.4. The lowest BCUT2D eigenvalue weighted by atomic mass is 9.77. The van der Waals surface area contributed by atoms with Gasteiger partial charge in [0.05, 0.1) is 17.3 Å². The summed E-state index contributed by atoms with van der Waals surface area (Å²) in [6, 6.07) is 0. The second-order valence-corrected chi connectivity index (χ2v) is 6.62. The highest BCUT2D eigenvalue weighted by Crippen LogP contribution is 2.33. The number of nitrogens with zero attached hydrogens (tertiary/aromatic N) is 2. The van der Waals surface area contributed by atoms with Gasteiger partial charge in [0.1, 0.15) is 0 Å².